The number of anilines is 1. The number of carbonyl (C=O) groups excluding carboxylic acids is 1. The Morgan fingerprint density at radius 2 is 1.79 bits per heavy atom. The molecule has 3 aromatic rings. The Balaban J connectivity index is 1.31. The molecule has 3 atom stereocenters. The minimum atomic E-state index is -0.429. The Labute approximate surface area is 282 Å². The number of amides is 2. The minimum absolute atomic E-state index is 0.108. The van der Waals surface area contributed by atoms with E-state index in [0.29, 0.717) is 41.8 Å². The van der Waals surface area contributed by atoms with Crippen LogP contribution in [0.25, 0.3) is 0 Å². The molecule has 11 heteroatoms. The van der Waals surface area contributed by atoms with Gasteiger partial charge in [-0.1, -0.05) is 57.2 Å². The van der Waals surface area contributed by atoms with E-state index in [1.54, 1.807) is 35.0 Å². The Bertz CT molecular complexity index is 1740. The van der Waals surface area contributed by atoms with Crippen molar-refractivity contribution in [3.05, 3.63) is 101 Å². The van der Waals surface area contributed by atoms with Gasteiger partial charge in [-0.2, -0.15) is 0 Å². The van der Waals surface area contributed by atoms with Gasteiger partial charge in [0.05, 0.1) is 18.8 Å². The number of nitrogens with one attached hydrogen (secondary N) is 6. The van der Waals surface area contributed by atoms with Gasteiger partial charge >= 0.3 is 6.03 Å². The predicted molar refractivity (Wildman–Crippen MR) is 188 cm³/mol. The molecule has 2 aliphatic rings. The molecule has 2 amide bonds. The first kappa shape index (κ1) is 34.4. The van der Waals surface area contributed by atoms with Crippen LogP contribution in [0.15, 0.2) is 78.8 Å². The summed E-state index contributed by atoms with van der Waals surface area (Å²) in [6.07, 6.45) is 7.59. The van der Waals surface area contributed by atoms with Crippen LogP contribution in [0.2, 0.25) is 0 Å². The van der Waals surface area contributed by atoms with Crippen molar-refractivity contribution in [2.45, 2.75) is 84.6 Å². The summed E-state index contributed by atoms with van der Waals surface area (Å²) in [5.74, 6) is 1.22. The van der Waals surface area contributed by atoms with Gasteiger partial charge in [-0.15, -0.1) is 0 Å². The molecule has 5 rings (SSSR count). The monoisotopic (exact) mass is 652 g/mol. The number of aromatic nitrogens is 1. The van der Waals surface area contributed by atoms with E-state index in [1.165, 1.54) is 0 Å². The first-order chi connectivity index (χ1) is 22.9. The number of aliphatic hydroxyl groups excluding tert-OH is 1. The minimum Gasteiger partial charge on any atom is -0.484 e. The summed E-state index contributed by atoms with van der Waals surface area (Å²) >= 11 is 0. The maximum Gasteiger partial charge on any atom is 0.320 e. The van der Waals surface area contributed by atoms with Crippen LogP contribution in [0.5, 0.6) is 5.75 Å². The van der Waals surface area contributed by atoms with Gasteiger partial charge in [0.2, 0.25) is 5.96 Å². The molecule has 11 nitrogen and oxygen atoms in total. The molecule has 254 valence electrons. The van der Waals surface area contributed by atoms with E-state index in [0.717, 1.165) is 42.5 Å². The number of fused-ring (bicyclic) bond motifs is 1. The molecule has 1 aromatic heterocycles. The molecule has 1 aliphatic carbocycles. The Hall–Kier alpha value is -4.90. The third-order valence-corrected chi connectivity index (χ3v) is 8.98. The number of nitrogens with zero attached hydrogens (tertiary/aromatic N) is 2. The lowest BCUT2D eigenvalue weighted by atomic mass is 9.85. The smallest absolute Gasteiger partial charge is 0.320 e. The highest BCUT2D eigenvalue weighted by molar-refractivity contribution is 5.97. The molecule has 2 heterocycles. The zero-order chi connectivity index (χ0) is 34.4. The number of rotatable bonds is 8. The second-order valence-corrected chi connectivity index (χ2v) is 13.7. The molecule has 7 N–H and O–H groups in total. The number of hydrogen-bond acceptors (Lipinski definition) is 7. The van der Waals surface area contributed by atoms with Crippen molar-refractivity contribution in [2.24, 2.45) is 5.41 Å². The highest BCUT2D eigenvalue weighted by Gasteiger charge is 2.30. The standard InChI is InChI=1S/C37H48N8O3/c1-24-10-7-8-19-44(24)35(40)45-22-27(15-18-33(45)39)48-31-17-16-30(28-13-5-6-14-29(28)31)42-36(47)43-34(21-32(38)37(2,3)4)41-26-12-9-11-25(20-26)23-46/h5-6,9,11-15,18,20-22,24,30-31,38-41,46H,7-8,10,16-17,19,23H2,1-4H3,(H2,42,43,47)/b34-21+,38-32?,39-33?,40-35?/t24-,30-,31+/m0/s1. The van der Waals surface area contributed by atoms with E-state index >= 15 is 0 Å². The van der Waals surface area contributed by atoms with Crippen molar-refractivity contribution in [3.8, 4) is 5.75 Å². The summed E-state index contributed by atoms with van der Waals surface area (Å²) in [6.45, 7) is 8.64. The van der Waals surface area contributed by atoms with Crippen molar-refractivity contribution in [2.75, 3.05) is 11.9 Å². The first-order valence-corrected chi connectivity index (χ1v) is 16.7. The maximum absolute atomic E-state index is 13.4. The molecular formula is C37H48N8O3. The van der Waals surface area contributed by atoms with E-state index in [4.69, 9.17) is 21.0 Å². The van der Waals surface area contributed by atoms with Gasteiger partial charge in [-0.3, -0.25) is 20.7 Å². The van der Waals surface area contributed by atoms with E-state index in [1.807, 2.05) is 63.2 Å². The van der Waals surface area contributed by atoms with Crippen LogP contribution in [0.4, 0.5) is 10.5 Å². The fourth-order valence-corrected chi connectivity index (χ4v) is 6.15. The van der Waals surface area contributed by atoms with Crippen molar-refractivity contribution in [3.63, 3.8) is 0 Å². The number of piperidine rings is 1. The predicted octanol–water partition coefficient (Wildman–Crippen LogP) is 6.39. The lowest BCUT2D eigenvalue weighted by Crippen LogP contribution is -2.47. The summed E-state index contributed by atoms with van der Waals surface area (Å²) in [6, 6.07) is 18.2. The molecule has 1 aliphatic heterocycles. The normalized spacial score (nSPS) is 19.6. The highest BCUT2D eigenvalue weighted by atomic mass is 16.5. The number of allylic oxidation sites excluding steroid dienone is 1. The number of aliphatic hydroxyl groups is 1. The average molecular weight is 653 g/mol. The Morgan fingerprint density at radius 1 is 1.02 bits per heavy atom. The van der Waals surface area contributed by atoms with Crippen LogP contribution in [-0.4, -0.2) is 44.9 Å². The number of likely N-dealkylation sites (tertiary alicyclic amines) is 1. The molecule has 2 aromatic carbocycles. The molecule has 0 bridgehead atoms. The number of benzene rings is 2. The van der Waals surface area contributed by atoms with Gasteiger partial charge in [-0.05, 0) is 80.0 Å². The quantitative estimate of drug-likeness (QED) is 0.111. The van der Waals surface area contributed by atoms with Crippen LogP contribution in [0.1, 0.15) is 88.6 Å². The van der Waals surface area contributed by atoms with Gasteiger partial charge in [-0.25, -0.2) is 4.79 Å². The summed E-state index contributed by atoms with van der Waals surface area (Å²) in [7, 11) is 0. The van der Waals surface area contributed by atoms with Crippen LogP contribution in [-0.2, 0) is 6.61 Å². The Morgan fingerprint density at radius 3 is 2.52 bits per heavy atom. The topological polar surface area (TPSA) is 162 Å². The largest absolute Gasteiger partial charge is 0.484 e. The summed E-state index contributed by atoms with van der Waals surface area (Å²) in [5, 5.41) is 44.7. The van der Waals surface area contributed by atoms with E-state index in [2.05, 4.69) is 27.8 Å². The van der Waals surface area contributed by atoms with E-state index < -0.39 is 11.4 Å². The number of carbonyl (C=O) groups is 1. The van der Waals surface area contributed by atoms with Crippen LogP contribution in [0.3, 0.4) is 0 Å². The molecule has 0 saturated carbocycles. The first-order valence-electron chi connectivity index (χ1n) is 16.7. The number of ether oxygens (including phenoxy) is 1. The molecule has 1 saturated heterocycles. The summed E-state index contributed by atoms with van der Waals surface area (Å²) in [4.78, 5) is 15.5. The van der Waals surface area contributed by atoms with E-state index in [-0.39, 0.29) is 30.3 Å². The van der Waals surface area contributed by atoms with Crippen molar-refractivity contribution in [1.29, 1.82) is 16.2 Å². The zero-order valence-electron chi connectivity index (χ0n) is 28.3. The lowest BCUT2D eigenvalue weighted by Gasteiger charge is -2.36. The third kappa shape index (κ3) is 8.32. The molecule has 0 radical (unpaired) electrons. The second-order valence-electron chi connectivity index (χ2n) is 13.7. The van der Waals surface area contributed by atoms with Gasteiger partial charge in [0.25, 0.3) is 0 Å². The molecule has 1 fully saturated rings. The van der Waals surface area contributed by atoms with Gasteiger partial charge in [0.15, 0.2) is 0 Å². The van der Waals surface area contributed by atoms with Crippen LogP contribution >= 0.6 is 0 Å². The zero-order valence-corrected chi connectivity index (χ0v) is 28.3. The second kappa shape index (κ2) is 14.9. The summed E-state index contributed by atoms with van der Waals surface area (Å²) < 4.78 is 8.09. The van der Waals surface area contributed by atoms with Gasteiger partial charge in [0.1, 0.15) is 23.2 Å². The highest BCUT2D eigenvalue weighted by Crippen LogP contribution is 2.38. The van der Waals surface area contributed by atoms with Crippen molar-refractivity contribution in [1.82, 2.24) is 20.1 Å². The van der Waals surface area contributed by atoms with Gasteiger partial charge < -0.3 is 30.8 Å². The third-order valence-electron chi connectivity index (χ3n) is 8.98. The molecular weight excluding hydrogens is 604 g/mol. The number of urea groups is 1. The fourth-order valence-electron chi connectivity index (χ4n) is 6.15. The van der Waals surface area contributed by atoms with Crippen molar-refractivity contribution < 1.29 is 14.6 Å². The molecule has 0 spiro atoms. The SMILES string of the molecule is C[C@H]1CCCCN1C(=N)n1cc(O[C@@H]2CC[C@H](NC(=O)N/C(=C/C(=N)C(C)(C)C)Nc3cccc(CO)c3)c3ccccc32)ccc1=N. The maximum atomic E-state index is 13.4. The lowest BCUT2D eigenvalue weighted by molar-refractivity contribution is 0.170. The summed E-state index contributed by atoms with van der Waals surface area (Å²) in [5.41, 5.74) is 3.48. The van der Waals surface area contributed by atoms with Gasteiger partial charge in [0, 0.05) is 35.5 Å². The molecule has 48 heavy (non-hydrogen) atoms. The van der Waals surface area contributed by atoms with Crippen LogP contribution < -0.4 is 26.2 Å². The average Bonchev–Trinajstić information content (AvgIpc) is 3.06. The number of pyridine rings is 1. The number of hydrogen-bond donors (Lipinski definition) is 7. The fraction of sp³-hybridized carbons (Fsp3) is 0.405. The van der Waals surface area contributed by atoms with Crippen molar-refractivity contribution >= 4 is 23.4 Å². The van der Waals surface area contributed by atoms with E-state index in [9.17, 15) is 9.90 Å². The Kier molecular flexibility index (Phi) is 10.7. The van der Waals surface area contributed by atoms with Crippen LogP contribution in [0, 0.1) is 21.6 Å². The molecule has 0 unspecified atom stereocenters.